The van der Waals surface area contributed by atoms with Crippen LogP contribution in [-0.4, -0.2) is 5.91 Å². The van der Waals surface area contributed by atoms with Crippen LogP contribution in [-0.2, 0) is 21.9 Å². The summed E-state index contributed by atoms with van der Waals surface area (Å²) in [4.78, 5) is 10.2. The minimum Gasteiger partial charge on any atom is -0.369 e. The van der Waals surface area contributed by atoms with Gasteiger partial charge in [-0.1, -0.05) is 0 Å². The van der Waals surface area contributed by atoms with Gasteiger partial charge in [0.1, 0.15) is 0 Å². The van der Waals surface area contributed by atoms with Gasteiger partial charge in [0.2, 0.25) is 5.91 Å². The van der Waals surface area contributed by atoms with Gasteiger partial charge in [-0.05, 0) is 51.4 Å². The molecule has 2 rings (SSSR count). The monoisotopic (exact) mass is 229 g/mol. The summed E-state index contributed by atoms with van der Waals surface area (Å²) < 4.78 is 0. The van der Waals surface area contributed by atoms with E-state index in [2.05, 4.69) is 32.1 Å². The molecule has 74 valence electrons. The van der Waals surface area contributed by atoms with Crippen LogP contribution in [0.3, 0.4) is 0 Å². The van der Waals surface area contributed by atoms with Gasteiger partial charge in [-0.15, -0.1) is 0 Å². The Morgan fingerprint density at radius 2 is 2.00 bits per heavy atom. The quantitative estimate of drug-likeness (QED) is 0.670. The largest absolute Gasteiger partial charge is 0.369 e. The van der Waals surface area contributed by atoms with Gasteiger partial charge in [0.05, 0.1) is 5.92 Å². The summed E-state index contributed by atoms with van der Waals surface area (Å²) in [5, 5.41) is 0. The van der Waals surface area contributed by atoms with Gasteiger partial charge in [-0.3, -0.25) is 4.79 Å². The molecule has 3 heteroatoms. The molecule has 2 nitrogen and oxygen atoms in total. The summed E-state index contributed by atoms with van der Waals surface area (Å²) >= 11 is 0. The van der Waals surface area contributed by atoms with Crippen molar-refractivity contribution in [3.05, 3.63) is 50.9 Å². The smallest absolute Gasteiger partial charge is 0.225 e. The maximum absolute atomic E-state index is 10.2. The average Bonchev–Trinajstić information content (AvgIpc) is 2.82. The molecule has 2 aliphatic carbocycles. The topological polar surface area (TPSA) is 43.1 Å². The molecular weight excluding hydrogens is 218 g/mol. The van der Waals surface area contributed by atoms with Crippen molar-refractivity contribution in [2.24, 2.45) is 5.73 Å². The van der Waals surface area contributed by atoms with E-state index in [4.69, 9.17) is 5.73 Å². The second kappa shape index (κ2) is 8.31. The molecule has 0 unspecified atom stereocenters. The Labute approximate surface area is 97.5 Å². The molecule has 2 fully saturated rings. The van der Waals surface area contributed by atoms with Crippen molar-refractivity contribution in [1.29, 1.82) is 0 Å². The van der Waals surface area contributed by atoms with Crippen LogP contribution in [0.1, 0.15) is 12.8 Å². The molecule has 2 saturated carbocycles. The SMILES string of the molecule is NC(=O)[C]1[C][C][CH][CH]1.[CH]1[CH]CC[CH]1.[Fe]. The van der Waals surface area contributed by atoms with Gasteiger partial charge in [0, 0.05) is 23.5 Å². The predicted molar refractivity (Wildman–Crippen MR) is 49.7 cm³/mol. The van der Waals surface area contributed by atoms with Crippen molar-refractivity contribution in [2.75, 3.05) is 0 Å². The molecule has 1 amide bonds. The first kappa shape index (κ1) is 14.0. The van der Waals surface area contributed by atoms with Crippen molar-refractivity contribution in [2.45, 2.75) is 12.8 Å². The fourth-order valence-electron chi connectivity index (χ4n) is 0.911. The number of hydrogen-bond acceptors (Lipinski definition) is 1. The van der Waals surface area contributed by atoms with Gasteiger partial charge >= 0.3 is 0 Å². The Morgan fingerprint density at radius 1 is 1.36 bits per heavy atom. The number of nitrogens with two attached hydrogens (primary N) is 1. The maximum atomic E-state index is 10.2. The Balaban J connectivity index is 0.000000246. The molecule has 0 bridgehead atoms. The molecule has 0 atom stereocenters. The summed E-state index contributed by atoms with van der Waals surface area (Å²) in [6.45, 7) is 0. The molecule has 0 saturated heterocycles. The first-order valence-corrected chi connectivity index (χ1v) is 4.14. The number of carbonyl (C=O) groups excluding carboxylic acids is 1. The van der Waals surface area contributed by atoms with Crippen LogP contribution in [0.2, 0.25) is 0 Å². The second-order valence-electron chi connectivity index (χ2n) is 2.62. The first-order chi connectivity index (χ1) is 6.30. The van der Waals surface area contributed by atoms with Gasteiger partial charge in [-0.2, -0.15) is 0 Å². The van der Waals surface area contributed by atoms with E-state index in [1.54, 1.807) is 12.8 Å². The van der Waals surface area contributed by atoms with Crippen molar-refractivity contribution in [3.8, 4) is 0 Å². The molecule has 10 radical (unpaired) electrons. The van der Waals surface area contributed by atoms with E-state index in [1.807, 2.05) is 0 Å². The summed E-state index contributed by atoms with van der Waals surface area (Å²) in [5.41, 5.74) is 4.87. The third-order valence-corrected chi connectivity index (χ3v) is 1.58. The van der Waals surface area contributed by atoms with Crippen LogP contribution in [0, 0.1) is 50.9 Å². The number of hydrogen-bond donors (Lipinski definition) is 1. The van der Waals surface area contributed by atoms with E-state index < -0.39 is 5.91 Å². The van der Waals surface area contributed by atoms with Gasteiger partial charge in [0.25, 0.3) is 0 Å². The van der Waals surface area contributed by atoms with E-state index in [1.165, 1.54) is 12.8 Å². The van der Waals surface area contributed by atoms with E-state index in [0.29, 0.717) is 5.92 Å². The average molecular weight is 229 g/mol. The molecule has 0 heterocycles. The van der Waals surface area contributed by atoms with Crippen LogP contribution < -0.4 is 5.73 Å². The van der Waals surface area contributed by atoms with E-state index in [9.17, 15) is 4.79 Å². The van der Waals surface area contributed by atoms with Gasteiger partial charge in [0.15, 0.2) is 0 Å². The maximum Gasteiger partial charge on any atom is 0.225 e. The number of primary amides is 1. The number of rotatable bonds is 1. The Bertz CT molecular complexity index is 144. The van der Waals surface area contributed by atoms with E-state index in [-0.39, 0.29) is 17.1 Å². The molecule has 14 heavy (non-hydrogen) atoms. The zero-order valence-electron chi connectivity index (χ0n) is 7.64. The minimum absolute atomic E-state index is 0. The van der Waals surface area contributed by atoms with Crippen LogP contribution in [0.4, 0.5) is 0 Å². The van der Waals surface area contributed by atoms with Crippen molar-refractivity contribution in [3.63, 3.8) is 0 Å². The van der Waals surface area contributed by atoms with E-state index >= 15 is 0 Å². The number of carbonyl (C=O) groups is 1. The molecule has 2 aliphatic rings. The normalized spacial score (nSPS) is 20.9. The van der Waals surface area contributed by atoms with Gasteiger partial charge < -0.3 is 5.73 Å². The zero-order chi connectivity index (χ0) is 9.52. The summed E-state index contributed by atoms with van der Waals surface area (Å²) in [7, 11) is 0. The van der Waals surface area contributed by atoms with Crippen LogP contribution >= 0.6 is 0 Å². The Kier molecular flexibility index (Phi) is 8.30. The molecule has 0 spiro atoms. The predicted octanol–water partition coefficient (Wildman–Crippen LogP) is 1.02. The van der Waals surface area contributed by atoms with Gasteiger partial charge in [-0.25, -0.2) is 0 Å². The van der Waals surface area contributed by atoms with Crippen LogP contribution in [0.5, 0.6) is 0 Å². The van der Waals surface area contributed by atoms with E-state index in [0.717, 1.165) is 0 Å². The van der Waals surface area contributed by atoms with Crippen molar-refractivity contribution in [1.82, 2.24) is 0 Å². The molecule has 0 aromatic carbocycles. The summed E-state index contributed by atoms with van der Waals surface area (Å²) in [6.07, 6.45) is 17.3. The fraction of sp³-hybridized carbons (Fsp3) is 0.182. The van der Waals surface area contributed by atoms with Crippen LogP contribution in [0.25, 0.3) is 0 Å². The standard InChI is InChI=1S/C6H4NO.C5H7.Fe/c7-6(8)5-3-1-2-4-5;1-2-4-5-3-1;/h1,3H,(H2,7,8);1-3H,4-5H2;. The second-order valence-corrected chi connectivity index (χ2v) is 2.62. The third-order valence-electron chi connectivity index (χ3n) is 1.58. The summed E-state index contributed by atoms with van der Waals surface area (Å²) in [6, 6.07) is 0. The molecular formula is C11H11FeNO. The van der Waals surface area contributed by atoms with Crippen molar-refractivity contribution < 1.29 is 21.9 Å². The fourth-order valence-corrected chi connectivity index (χ4v) is 0.911. The minimum atomic E-state index is -0.453. The van der Waals surface area contributed by atoms with Crippen molar-refractivity contribution >= 4 is 5.91 Å². The molecule has 0 aromatic heterocycles. The number of amides is 1. The Hall–Kier alpha value is -0.0105. The summed E-state index contributed by atoms with van der Waals surface area (Å²) in [5.74, 6) is -0.0590. The molecule has 2 N–H and O–H groups in total. The Morgan fingerprint density at radius 3 is 2.21 bits per heavy atom. The molecule has 0 aromatic rings. The third kappa shape index (κ3) is 5.66. The first-order valence-electron chi connectivity index (χ1n) is 4.14. The molecule has 0 aliphatic heterocycles. The van der Waals surface area contributed by atoms with Crippen LogP contribution in [0.15, 0.2) is 0 Å². The zero-order valence-corrected chi connectivity index (χ0v) is 8.74.